The van der Waals surface area contributed by atoms with E-state index in [4.69, 9.17) is 14.6 Å². The molecule has 0 aromatic heterocycles. The van der Waals surface area contributed by atoms with E-state index in [0.29, 0.717) is 18.4 Å². The summed E-state index contributed by atoms with van der Waals surface area (Å²) in [5, 5.41) is 8.77. The number of carbonyl (C=O) groups is 3. The number of cyclic esters (lactones) is 1. The Balaban J connectivity index is 1.74. The van der Waals surface area contributed by atoms with Gasteiger partial charge in [-0.2, -0.15) is 0 Å². The summed E-state index contributed by atoms with van der Waals surface area (Å²) in [7, 11) is 0. The highest BCUT2D eigenvalue weighted by molar-refractivity contribution is 5.90. The van der Waals surface area contributed by atoms with Crippen LogP contribution in [0, 0.1) is 22.7 Å². The van der Waals surface area contributed by atoms with Crippen molar-refractivity contribution in [1.29, 1.82) is 0 Å². The summed E-state index contributed by atoms with van der Waals surface area (Å²) in [6.07, 6.45) is 9.25. The molecule has 6 heteroatoms. The first-order valence-corrected chi connectivity index (χ1v) is 10.6. The van der Waals surface area contributed by atoms with E-state index in [0.717, 1.165) is 49.7 Å². The first-order chi connectivity index (χ1) is 13.7. The number of allylic oxidation sites excluding steroid dienone is 1. The number of hydrogen-bond acceptors (Lipinski definition) is 5. The van der Waals surface area contributed by atoms with Gasteiger partial charge in [0.05, 0.1) is 0 Å². The van der Waals surface area contributed by atoms with E-state index < -0.39 is 18.4 Å². The number of hydrogen-bond donors (Lipinski definition) is 1. The van der Waals surface area contributed by atoms with Crippen molar-refractivity contribution in [2.75, 3.05) is 13.2 Å². The molecule has 0 aromatic carbocycles. The van der Waals surface area contributed by atoms with Crippen molar-refractivity contribution >= 4 is 17.9 Å². The Labute approximate surface area is 172 Å². The normalized spacial score (nSPS) is 34.0. The highest BCUT2D eigenvalue weighted by Gasteiger charge is 2.54. The first kappa shape index (κ1) is 21.6. The maximum atomic E-state index is 11.9. The molecule has 3 aliphatic rings. The summed E-state index contributed by atoms with van der Waals surface area (Å²) >= 11 is 0. The second kappa shape index (κ2) is 8.33. The van der Waals surface area contributed by atoms with Gasteiger partial charge < -0.3 is 14.6 Å². The average molecular weight is 405 g/mol. The Kier molecular flexibility index (Phi) is 6.20. The zero-order chi connectivity index (χ0) is 21.2. The molecule has 0 aromatic rings. The lowest BCUT2D eigenvalue weighted by Crippen LogP contribution is -2.50. The molecule has 1 aliphatic heterocycles. The fraction of sp³-hybridized carbons (Fsp3) is 0.696. The first-order valence-electron chi connectivity index (χ1n) is 10.6. The van der Waals surface area contributed by atoms with E-state index in [2.05, 4.69) is 26.8 Å². The summed E-state index contributed by atoms with van der Waals surface area (Å²) in [5.74, 6) is -1.09. The molecule has 2 aliphatic carbocycles. The monoisotopic (exact) mass is 404 g/mol. The molecule has 1 saturated carbocycles. The van der Waals surface area contributed by atoms with Crippen molar-refractivity contribution in [3.05, 3.63) is 23.3 Å². The van der Waals surface area contributed by atoms with Gasteiger partial charge in [-0.1, -0.05) is 26.8 Å². The van der Waals surface area contributed by atoms with Crippen molar-refractivity contribution in [3.8, 4) is 0 Å². The Hall–Kier alpha value is -2.11. The summed E-state index contributed by atoms with van der Waals surface area (Å²) in [5.41, 5.74) is 1.90. The van der Waals surface area contributed by atoms with Gasteiger partial charge >= 0.3 is 17.9 Å². The molecule has 0 amide bonds. The van der Waals surface area contributed by atoms with Gasteiger partial charge in [0.25, 0.3) is 0 Å². The third-order valence-electron chi connectivity index (χ3n) is 7.79. The molecule has 1 fully saturated rings. The Morgan fingerprint density at radius 2 is 2.03 bits per heavy atom. The van der Waals surface area contributed by atoms with Crippen molar-refractivity contribution < 1.29 is 29.0 Å². The molecule has 6 nitrogen and oxygen atoms in total. The number of aliphatic carboxylic acids is 1. The van der Waals surface area contributed by atoms with Crippen LogP contribution in [0.15, 0.2) is 23.3 Å². The van der Waals surface area contributed by atoms with Crippen LogP contribution >= 0.6 is 0 Å². The highest BCUT2D eigenvalue weighted by atomic mass is 16.5. The minimum atomic E-state index is -1.17. The molecule has 1 N–H and O–H groups in total. The van der Waals surface area contributed by atoms with E-state index in [9.17, 15) is 14.4 Å². The number of carbonyl (C=O) groups excluding carboxylic acids is 2. The molecule has 4 unspecified atom stereocenters. The van der Waals surface area contributed by atoms with Crippen LogP contribution in [0.3, 0.4) is 0 Å². The van der Waals surface area contributed by atoms with E-state index >= 15 is 0 Å². The number of fused-ring (bicyclic) bond motifs is 1. The standard InChI is InChI=1S/C23H32O6/c1-15-7-10-23(3)17(14-29-20(26)13-19(24)25)5-4-6-18(23)22(15,2)11-8-16-9-12-28-21(16)27/h5,9,15,18H,4,6-8,10-14H2,1-3H3,(H,24,25). The molecule has 0 spiro atoms. The summed E-state index contributed by atoms with van der Waals surface area (Å²) < 4.78 is 10.4. The van der Waals surface area contributed by atoms with Crippen molar-refractivity contribution in [3.63, 3.8) is 0 Å². The molecule has 0 saturated heterocycles. The van der Waals surface area contributed by atoms with Crippen LogP contribution in [0.2, 0.25) is 0 Å². The number of carboxylic acid groups (broad SMARTS) is 1. The molecule has 0 radical (unpaired) electrons. The van der Waals surface area contributed by atoms with Crippen molar-refractivity contribution in [2.45, 2.75) is 65.7 Å². The fourth-order valence-corrected chi connectivity index (χ4v) is 5.76. The Bertz CT molecular complexity index is 750. The van der Waals surface area contributed by atoms with Gasteiger partial charge in [0.1, 0.15) is 19.6 Å². The third-order valence-corrected chi connectivity index (χ3v) is 7.79. The van der Waals surface area contributed by atoms with Gasteiger partial charge in [-0.05, 0) is 72.8 Å². The summed E-state index contributed by atoms with van der Waals surface area (Å²) in [6, 6.07) is 0. The second-order valence-electron chi connectivity index (χ2n) is 9.28. The topological polar surface area (TPSA) is 89.9 Å². The predicted octanol–water partition coefficient (Wildman–Crippen LogP) is 4.05. The van der Waals surface area contributed by atoms with Crippen LogP contribution in [0.1, 0.15) is 65.7 Å². The van der Waals surface area contributed by atoms with E-state index in [1.165, 1.54) is 0 Å². The quantitative estimate of drug-likeness (QED) is 0.391. The lowest BCUT2D eigenvalue weighted by Gasteiger charge is -2.58. The Morgan fingerprint density at radius 1 is 1.28 bits per heavy atom. The molecule has 4 atom stereocenters. The summed E-state index contributed by atoms with van der Waals surface area (Å²) in [4.78, 5) is 34.3. The molecular weight excluding hydrogens is 372 g/mol. The van der Waals surface area contributed by atoms with Crippen LogP contribution in [0.5, 0.6) is 0 Å². The van der Waals surface area contributed by atoms with Crippen LogP contribution < -0.4 is 0 Å². The second-order valence-corrected chi connectivity index (χ2v) is 9.28. The van der Waals surface area contributed by atoms with Gasteiger partial charge in [0, 0.05) is 5.57 Å². The number of ether oxygens (including phenoxy) is 2. The number of carboxylic acids is 1. The maximum absolute atomic E-state index is 11.9. The molecular formula is C23H32O6. The zero-order valence-electron chi connectivity index (χ0n) is 17.7. The third kappa shape index (κ3) is 4.26. The lowest BCUT2D eigenvalue weighted by molar-refractivity contribution is -0.151. The Morgan fingerprint density at radius 3 is 2.69 bits per heavy atom. The largest absolute Gasteiger partial charge is 0.481 e. The van der Waals surface area contributed by atoms with Crippen molar-refractivity contribution in [1.82, 2.24) is 0 Å². The SMILES string of the molecule is CC1CCC2(C)C(COC(=O)CC(=O)O)=CCCC2C1(C)CCC1=CCOC1=O. The lowest BCUT2D eigenvalue weighted by atomic mass is 9.47. The van der Waals surface area contributed by atoms with Gasteiger partial charge in [0.15, 0.2) is 0 Å². The number of rotatable bonds is 7. The number of esters is 2. The summed E-state index contributed by atoms with van der Waals surface area (Å²) in [6.45, 7) is 7.48. The smallest absolute Gasteiger partial charge is 0.334 e. The van der Waals surface area contributed by atoms with Gasteiger partial charge in [0.2, 0.25) is 0 Å². The minimum Gasteiger partial charge on any atom is -0.481 e. The van der Waals surface area contributed by atoms with Gasteiger partial charge in [-0.15, -0.1) is 0 Å². The zero-order valence-corrected chi connectivity index (χ0v) is 17.7. The fourth-order valence-electron chi connectivity index (χ4n) is 5.76. The molecule has 0 bridgehead atoms. The van der Waals surface area contributed by atoms with E-state index in [1.807, 2.05) is 6.08 Å². The van der Waals surface area contributed by atoms with Crippen LogP contribution in [0.4, 0.5) is 0 Å². The van der Waals surface area contributed by atoms with Gasteiger partial charge in [-0.25, -0.2) is 4.79 Å². The van der Waals surface area contributed by atoms with Gasteiger partial charge in [-0.3, -0.25) is 9.59 Å². The maximum Gasteiger partial charge on any atom is 0.334 e. The molecule has 160 valence electrons. The van der Waals surface area contributed by atoms with Crippen LogP contribution in [0.25, 0.3) is 0 Å². The molecule has 1 heterocycles. The van der Waals surface area contributed by atoms with Crippen molar-refractivity contribution in [2.24, 2.45) is 22.7 Å². The van der Waals surface area contributed by atoms with E-state index in [-0.39, 0.29) is 23.4 Å². The van der Waals surface area contributed by atoms with Crippen LogP contribution in [-0.4, -0.2) is 36.2 Å². The van der Waals surface area contributed by atoms with Crippen LogP contribution in [-0.2, 0) is 23.9 Å². The molecule has 29 heavy (non-hydrogen) atoms. The minimum absolute atomic E-state index is 0.0707. The predicted molar refractivity (Wildman–Crippen MR) is 107 cm³/mol. The molecule has 3 rings (SSSR count). The highest BCUT2D eigenvalue weighted by Crippen LogP contribution is 2.62. The average Bonchev–Trinajstić information content (AvgIpc) is 3.07. The van der Waals surface area contributed by atoms with E-state index in [1.54, 1.807) is 0 Å².